The largest absolute Gasteiger partial charge is 0.392 e. The van der Waals surface area contributed by atoms with Crippen LogP contribution in [0.15, 0.2) is 37.5 Å². The Labute approximate surface area is 57.0 Å². The van der Waals surface area contributed by atoms with E-state index < -0.39 is 0 Å². The maximum atomic E-state index is 7.98. The first-order chi connectivity index (χ1) is 4.33. The molecule has 0 saturated carbocycles. The minimum atomic E-state index is 0.163. The minimum Gasteiger partial charge on any atom is -0.392 e. The molecule has 0 saturated heterocycles. The minimum absolute atomic E-state index is 0.163. The van der Waals surface area contributed by atoms with Gasteiger partial charge in [-0.25, -0.2) is 0 Å². The predicted molar refractivity (Wildman–Crippen MR) is 42.3 cm³/mol. The number of aliphatic hydroxyl groups is 1. The summed E-state index contributed by atoms with van der Waals surface area (Å²) in [5.74, 6) is 0. The molecule has 0 fully saturated rings. The highest BCUT2D eigenvalue weighted by Crippen LogP contribution is 1.60. The van der Waals surface area contributed by atoms with E-state index in [0.29, 0.717) is 0 Å². The molecule has 0 rings (SSSR count). The van der Waals surface area contributed by atoms with Crippen molar-refractivity contribution in [3.63, 3.8) is 0 Å². The molecule has 0 radical (unpaired) electrons. The van der Waals surface area contributed by atoms with Crippen molar-refractivity contribution in [2.24, 2.45) is 0 Å². The number of allylic oxidation sites excluding steroid dienone is 3. The van der Waals surface area contributed by atoms with Crippen LogP contribution < -0.4 is 0 Å². The zero-order chi connectivity index (χ0) is 7.54. The second-order valence-electron chi connectivity index (χ2n) is 1.22. The summed E-state index contributed by atoms with van der Waals surface area (Å²) in [5.41, 5.74) is 0. The molecule has 0 bridgehead atoms. The van der Waals surface area contributed by atoms with Gasteiger partial charge in [0.05, 0.1) is 6.61 Å². The summed E-state index contributed by atoms with van der Waals surface area (Å²) in [6.07, 6.45) is 6.76. The van der Waals surface area contributed by atoms with Gasteiger partial charge in [0.25, 0.3) is 0 Å². The summed E-state index contributed by atoms with van der Waals surface area (Å²) in [6.45, 7) is 8.76. The van der Waals surface area contributed by atoms with E-state index in [1.165, 1.54) is 0 Å². The van der Waals surface area contributed by atoms with Gasteiger partial charge >= 0.3 is 0 Å². The van der Waals surface area contributed by atoms with Gasteiger partial charge in [-0.15, -0.1) is 0 Å². The molecule has 0 unspecified atom stereocenters. The first kappa shape index (κ1) is 11.0. The van der Waals surface area contributed by atoms with E-state index in [0.717, 1.165) is 0 Å². The Hall–Kier alpha value is -0.820. The fraction of sp³-hybridized carbons (Fsp3) is 0.250. The maximum absolute atomic E-state index is 7.98. The summed E-state index contributed by atoms with van der Waals surface area (Å²) >= 11 is 0. The first-order valence-corrected chi connectivity index (χ1v) is 2.78. The molecule has 1 N–H and O–H groups in total. The molecule has 9 heavy (non-hydrogen) atoms. The van der Waals surface area contributed by atoms with Gasteiger partial charge in [0.2, 0.25) is 0 Å². The molecule has 0 aliphatic heterocycles. The third-order valence-electron chi connectivity index (χ3n) is 0.508. The molecule has 0 aliphatic rings. The van der Waals surface area contributed by atoms with Gasteiger partial charge in [0, 0.05) is 0 Å². The van der Waals surface area contributed by atoms with Gasteiger partial charge < -0.3 is 5.11 Å². The van der Waals surface area contributed by atoms with Crippen molar-refractivity contribution in [2.45, 2.75) is 6.92 Å². The molecule has 0 amide bonds. The average Bonchev–Trinajstić information content (AvgIpc) is 1.91. The molecule has 1 nitrogen and oxygen atoms in total. The lowest BCUT2D eigenvalue weighted by molar-refractivity contribution is 0.342. The van der Waals surface area contributed by atoms with E-state index in [2.05, 4.69) is 13.2 Å². The molecule has 52 valence electrons. The quantitative estimate of drug-likeness (QED) is 0.442. The van der Waals surface area contributed by atoms with Crippen LogP contribution in [-0.2, 0) is 0 Å². The molecule has 0 heterocycles. The molecule has 0 aromatic heterocycles. The van der Waals surface area contributed by atoms with Crippen LogP contribution in [0.1, 0.15) is 6.92 Å². The van der Waals surface area contributed by atoms with E-state index in [9.17, 15) is 0 Å². The Bertz CT molecular complexity index is 76.6. The van der Waals surface area contributed by atoms with Crippen LogP contribution in [0.4, 0.5) is 0 Å². The SMILES string of the molecule is C=CC=C.CC=CCO. The molecular formula is C8H14O. The van der Waals surface area contributed by atoms with Gasteiger partial charge in [-0.05, 0) is 6.92 Å². The van der Waals surface area contributed by atoms with Crippen molar-refractivity contribution in [3.05, 3.63) is 37.5 Å². The molecular weight excluding hydrogens is 112 g/mol. The Morgan fingerprint density at radius 2 is 1.78 bits per heavy atom. The monoisotopic (exact) mass is 126 g/mol. The lowest BCUT2D eigenvalue weighted by Gasteiger charge is -1.66. The van der Waals surface area contributed by atoms with Crippen molar-refractivity contribution in [3.8, 4) is 0 Å². The van der Waals surface area contributed by atoms with E-state index in [-0.39, 0.29) is 6.61 Å². The summed E-state index contributed by atoms with van der Waals surface area (Å²) in [7, 11) is 0. The summed E-state index contributed by atoms with van der Waals surface area (Å²) in [5, 5.41) is 7.98. The average molecular weight is 126 g/mol. The Morgan fingerprint density at radius 1 is 1.33 bits per heavy atom. The fourth-order valence-corrected chi connectivity index (χ4v) is 0.105. The standard InChI is InChI=1S/C4H8O.C4H6/c1-2-3-4-5;1-3-4-2/h2-3,5H,4H2,1H3;3-4H,1-2H2. The highest BCUT2D eigenvalue weighted by atomic mass is 16.2. The van der Waals surface area contributed by atoms with Crippen molar-refractivity contribution in [1.82, 2.24) is 0 Å². The molecule has 0 aromatic rings. The second-order valence-corrected chi connectivity index (χ2v) is 1.22. The van der Waals surface area contributed by atoms with Crippen molar-refractivity contribution < 1.29 is 5.11 Å². The van der Waals surface area contributed by atoms with Crippen molar-refractivity contribution in [1.29, 1.82) is 0 Å². The third kappa shape index (κ3) is 40.5. The van der Waals surface area contributed by atoms with Crippen molar-refractivity contribution >= 4 is 0 Å². The topological polar surface area (TPSA) is 20.2 Å². The van der Waals surface area contributed by atoms with E-state index >= 15 is 0 Å². The Kier molecular flexibility index (Phi) is 19.3. The molecule has 0 atom stereocenters. The van der Waals surface area contributed by atoms with E-state index in [4.69, 9.17) is 5.11 Å². The van der Waals surface area contributed by atoms with Crippen LogP contribution in [0.25, 0.3) is 0 Å². The van der Waals surface area contributed by atoms with E-state index in [1.54, 1.807) is 24.3 Å². The lowest BCUT2D eigenvalue weighted by Crippen LogP contribution is -1.65. The highest BCUT2D eigenvalue weighted by Gasteiger charge is 1.52. The van der Waals surface area contributed by atoms with Crippen LogP contribution >= 0.6 is 0 Å². The van der Waals surface area contributed by atoms with Crippen LogP contribution in [0, 0.1) is 0 Å². The zero-order valence-electron chi connectivity index (χ0n) is 5.88. The normalized spacial score (nSPS) is 7.78. The predicted octanol–water partition coefficient (Wildman–Crippen LogP) is 1.91. The molecule has 0 aromatic carbocycles. The molecule has 1 heteroatoms. The molecule has 0 spiro atoms. The fourth-order valence-electron chi connectivity index (χ4n) is 0.105. The number of rotatable bonds is 2. The maximum Gasteiger partial charge on any atom is 0.0612 e. The summed E-state index contributed by atoms with van der Waals surface area (Å²) < 4.78 is 0. The van der Waals surface area contributed by atoms with Crippen LogP contribution in [0.2, 0.25) is 0 Å². The highest BCUT2D eigenvalue weighted by molar-refractivity contribution is 4.88. The Morgan fingerprint density at radius 3 is 1.78 bits per heavy atom. The number of hydrogen-bond donors (Lipinski definition) is 1. The molecule has 0 aliphatic carbocycles. The smallest absolute Gasteiger partial charge is 0.0612 e. The van der Waals surface area contributed by atoms with Gasteiger partial charge in [0.1, 0.15) is 0 Å². The number of aliphatic hydroxyl groups excluding tert-OH is 1. The van der Waals surface area contributed by atoms with Crippen LogP contribution in [0.5, 0.6) is 0 Å². The lowest BCUT2D eigenvalue weighted by atomic mass is 10.6. The van der Waals surface area contributed by atoms with Crippen LogP contribution in [0.3, 0.4) is 0 Å². The van der Waals surface area contributed by atoms with Crippen LogP contribution in [-0.4, -0.2) is 11.7 Å². The number of hydrogen-bond acceptors (Lipinski definition) is 1. The zero-order valence-corrected chi connectivity index (χ0v) is 5.88. The van der Waals surface area contributed by atoms with Gasteiger partial charge in [-0.1, -0.05) is 37.5 Å². The summed E-state index contributed by atoms with van der Waals surface area (Å²) in [4.78, 5) is 0. The van der Waals surface area contributed by atoms with Crippen molar-refractivity contribution in [2.75, 3.05) is 6.61 Å². The Balaban J connectivity index is 0. The second kappa shape index (κ2) is 15.7. The van der Waals surface area contributed by atoms with Gasteiger partial charge in [0.15, 0.2) is 0 Å². The first-order valence-electron chi connectivity index (χ1n) is 2.78. The van der Waals surface area contributed by atoms with Gasteiger partial charge in [-0.3, -0.25) is 0 Å². The van der Waals surface area contributed by atoms with E-state index in [1.807, 2.05) is 6.92 Å². The summed E-state index contributed by atoms with van der Waals surface area (Å²) in [6, 6.07) is 0. The van der Waals surface area contributed by atoms with Gasteiger partial charge in [-0.2, -0.15) is 0 Å². The third-order valence-corrected chi connectivity index (χ3v) is 0.508.